The average molecular weight is 406 g/mol. The Hall–Kier alpha value is -2.58. The van der Waals surface area contributed by atoms with E-state index in [1.54, 1.807) is 24.4 Å². The summed E-state index contributed by atoms with van der Waals surface area (Å²) >= 11 is 12.0. The molecule has 3 N–H and O–H groups in total. The van der Waals surface area contributed by atoms with Crippen LogP contribution >= 0.6 is 23.2 Å². The van der Waals surface area contributed by atoms with E-state index >= 15 is 0 Å². The number of anilines is 2. The summed E-state index contributed by atoms with van der Waals surface area (Å²) in [6, 6.07) is 5.25. The summed E-state index contributed by atoms with van der Waals surface area (Å²) in [5.41, 5.74) is 1.40. The number of amides is 1. The first-order chi connectivity index (χ1) is 13.1. The zero-order valence-electron chi connectivity index (χ0n) is 14.2. The number of hydrogen-bond donors (Lipinski definition) is 3. The van der Waals surface area contributed by atoms with Crippen LogP contribution in [0.3, 0.4) is 0 Å². The SMILES string of the molecule is O=C(CNc1cc(Cl)cc(Cl)c1)N1CC[C@H](Nc2ncnc3[nH]ncc23)C1. The van der Waals surface area contributed by atoms with E-state index in [1.165, 1.54) is 6.33 Å². The number of hydrogen-bond acceptors (Lipinski definition) is 6. The maximum absolute atomic E-state index is 12.5. The first-order valence-corrected chi connectivity index (χ1v) is 9.22. The van der Waals surface area contributed by atoms with E-state index in [2.05, 4.69) is 30.8 Å². The van der Waals surface area contributed by atoms with Gasteiger partial charge in [-0.2, -0.15) is 5.10 Å². The molecule has 0 unspecified atom stereocenters. The molecule has 4 rings (SSSR count). The molecule has 3 aromatic rings. The number of carbonyl (C=O) groups is 1. The number of H-pyrrole nitrogens is 1. The molecule has 2 aromatic heterocycles. The molecule has 0 spiro atoms. The zero-order valence-corrected chi connectivity index (χ0v) is 15.8. The summed E-state index contributed by atoms with van der Waals surface area (Å²) in [5, 5.41) is 15.2. The van der Waals surface area contributed by atoms with Gasteiger partial charge in [-0.1, -0.05) is 23.2 Å². The number of fused-ring (bicyclic) bond motifs is 1. The molecule has 0 bridgehead atoms. The molecule has 1 aliphatic rings. The van der Waals surface area contributed by atoms with Gasteiger partial charge in [0.1, 0.15) is 12.1 Å². The number of aromatic amines is 1. The molecule has 1 saturated heterocycles. The molecule has 27 heavy (non-hydrogen) atoms. The van der Waals surface area contributed by atoms with Gasteiger partial charge < -0.3 is 15.5 Å². The molecule has 8 nitrogen and oxygen atoms in total. The average Bonchev–Trinajstić information content (AvgIpc) is 3.28. The molecule has 1 atom stereocenters. The van der Waals surface area contributed by atoms with Crippen molar-refractivity contribution in [2.24, 2.45) is 0 Å². The summed E-state index contributed by atoms with van der Waals surface area (Å²) in [4.78, 5) is 22.7. The van der Waals surface area contributed by atoms with Gasteiger partial charge in [-0.3, -0.25) is 9.89 Å². The van der Waals surface area contributed by atoms with E-state index in [9.17, 15) is 4.79 Å². The maximum atomic E-state index is 12.5. The van der Waals surface area contributed by atoms with E-state index in [0.717, 1.165) is 23.3 Å². The third-order valence-electron chi connectivity index (χ3n) is 4.44. The highest BCUT2D eigenvalue weighted by molar-refractivity contribution is 6.35. The molecule has 0 radical (unpaired) electrons. The number of rotatable bonds is 5. The second kappa shape index (κ2) is 7.58. The van der Waals surface area contributed by atoms with Crippen molar-refractivity contribution in [1.29, 1.82) is 0 Å². The monoisotopic (exact) mass is 405 g/mol. The van der Waals surface area contributed by atoms with E-state index < -0.39 is 0 Å². The minimum atomic E-state index is 0.0199. The lowest BCUT2D eigenvalue weighted by Gasteiger charge is -2.18. The molecule has 1 aromatic carbocycles. The molecule has 10 heteroatoms. The third-order valence-corrected chi connectivity index (χ3v) is 4.87. The van der Waals surface area contributed by atoms with Crippen LogP contribution in [0, 0.1) is 0 Å². The zero-order chi connectivity index (χ0) is 18.8. The lowest BCUT2D eigenvalue weighted by molar-refractivity contribution is -0.128. The summed E-state index contributed by atoms with van der Waals surface area (Å²) in [6.45, 7) is 1.48. The van der Waals surface area contributed by atoms with Crippen molar-refractivity contribution in [2.75, 3.05) is 30.3 Å². The third kappa shape index (κ3) is 4.06. The van der Waals surface area contributed by atoms with Crippen molar-refractivity contribution in [3.63, 3.8) is 0 Å². The molecule has 3 heterocycles. The van der Waals surface area contributed by atoms with Gasteiger partial charge in [0.25, 0.3) is 0 Å². The Morgan fingerprint density at radius 3 is 2.89 bits per heavy atom. The topological polar surface area (TPSA) is 98.8 Å². The summed E-state index contributed by atoms with van der Waals surface area (Å²) in [5.74, 6) is 0.742. The quantitative estimate of drug-likeness (QED) is 0.603. The Bertz CT molecular complexity index is 957. The molecule has 1 fully saturated rings. The smallest absolute Gasteiger partial charge is 0.241 e. The van der Waals surface area contributed by atoms with Gasteiger partial charge in [-0.05, 0) is 24.6 Å². The van der Waals surface area contributed by atoms with Crippen LogP contribution in [0.5, 0.6) is 0 Å². The Balaban J connectivity index is 1.33. The number of carbonyl (C=O) groups excluding carboxylic acids is 1. The van der Waals surface area contributed by atoms with Crippen LogP contribution < -0.4 is 10.6 Å². The van der Waals surface area contributed by atoms with Gasteiger partial charge in [0.2, 0.25) is 5.91 Å². The Morgan fingerprint density at radius 2 is 2.07 bits per heavy atom. The van der Waals surface area contributed by atoms with Crippen LogP contribution in [0.4, 0.5) is 11.5 Å². The van der Waals surface area contributed by atoms with Crippen molar-refractivity contribution in [1.82, 2.24) is 25.1 Å². The standard InChI is InChI=1S/C17H17Cl2N7O/c18-10-3-11(19)5-13(4-10)20-7-15(27)26-2-1-12(8-26)24-16-14-6-23-25-17(14)22-9-21-16/h3-6,9,12,20H,1-2,7-8H2,(H2,21,22,23,24,25)/t12-/m0/s1. The fraction of sp³-hybridized carbons (Fsp3) is 0.294. The van der Waals surface area contributed by atoms with Gasteiger partial charge >= 0.3 is 0 Å². The van der Waals surface area contributed by atoms with Gasteiger partial charge in [-0.15, -0.1) is 0 Å². The van der Waals surface area contributed by atoms with Crippen molar-refractivity contribution in [3.8, 4) is 0 Å². The molecule has 0 aliphatic carbocycles. The predicted octanol–water partition coefficient (Wildman–Crippen LogP) is 2.78. The first-order valence-electron chi connectivity index (χ1n) is 8.47. The van der Waals surface area contributed by atoms with E-state index in [-0.39, 0.29) is 18.5 Å². The van der Waals surface area contributed by atoms with E-state index in [0.29, 0.717) is 28.8 Å². The van der Waals surface area contributed by atoms with E-state index in [4.69, 9.17) is 23.2 Å². The van der Waals surface area contributed by atoms with Crippen LogP contribution in [0.25, 0.3) is 11.0 Å². The minimum absolute atomic E-state index is 0.0199. The van der Waals surface area contributed by atoms with Crippen LogP contribution in [-0.2, 0) is 4.79 Å². The number of aromatic nitrogens is 4. The van der Waals surface area contributed by atoms with Gasteiger partial charge in [0.15, 0.2) is 5.65 Å². The summed E-state index contributed by atoms with van der Waals surface area (Å²) < 4.78 is 0. The van der Waals surface area contributed by atoms with Crippen molar-refractivity contribution < 1.29 is 4.79 Å². The van der Waals surface area contributed by atoms with Crippen molar-refractivity contribution in [2.45, 2.75) is 12.5 Å². The summed E-state index contributed by atoms with van der Waals surface area (Å²) in [7, 11) is 0. The highest BCUT2D eigenvalue weighted by atomic mass is 35.5. The van der Waals surface area contributed by atoms with Gasteiger partial charge in [0.05, 0.1) is 18.1 Å². The molecule has 1 aliphatic heterocycles. The first kappa shape index (κ1) is 17.8. The van der Waals surface area contributed by atoms with Crippen molar-refractivity contribution >= 4 is 51.6 Å². The number of likely N-dealkylation sites (tertiary alicyclic amines) is 1. The van der Waals surface area contributed by atoms with E-state index in [1.807, 2.05) is 4.90 Å². The van der Waals surface area contributed by atoms with Crippen molar-refractivity contribution in [3.05, 3.63) is 40.8 Å². The molecule has 1 amide bonds. The highest BCUT2D eigenvalue weighted by Gasteiger charge is 2.26. The molecular weight excluding hydrogens is 389 g/mol. The largest absolute Gasteiger partial charge is 0.376 e. The lowest BCUT2D eigenvalue weighted by atomic mass is 10.2. The Morgan fingerprint density at radius 1 is 1.26 bits per heavy atom. The number of nitrogens with zero attached hydrogens (tertiary/aromatic N) is 4. The number of halogens is 2. The van der Waals surface area contributed by atoms with Crippen LogP contribution in [0.2, 0.25) is 10.0 Å². The van der Waals surface area contributed by atoms with Gasteiger partial charge in [0, 0.05) is 34.9 Å². The fourth-order valence-electron chi connectivity index (χ4n) is 3.12. The summed E-state index contributed by atoms with van der Waals surface area (Å²) in [6.07, 6.45) is 4.02. The fourth-order valence-corrected chi connectivity index (χ4v) is 3.65. The Labute approximate surface area is 165 Å². The van der Waals surface area contributed by atoms with Crippen LogP contribution in [-0.4, -0.2) is 56.6 Å². The van der Waals surface area contributed by atoms with Crippen LogP contribution in [0.15, 0.2) is 30.7 Å². The molecular formula is C17H17Cl2N7O. The second-order valence-electron chi connectivity index (χ2n) is 6.34. The second-order valence-corrected chi connectivity index (χ2v) is 7.21. The maximum Gasteiger partial charge on any atom is 0.241 e. The predicted molar refractivity (Wildman–Crippen MR) is 105 cm³/mol. The van der Waals surface area contributed by atoms with Crippen LogP contribution in [0.1, 0.15) is 6.42 Å². The highest BCUT2D eigenvalue weighted by Crippen LogP contribution is 2.23. The normalized spacial score (nSPS) is 16.7. The number of nitrogens with one attached hydrogen (secondary N) is 3. The lowest BCUT2D eigenvalue weighted by Crippen LogP contribution is -2.35. The van der Waals surface area contributed by atoms with Gasteiger partial charge in [-0.25, -0.2) is 9.97 Å². The minimum Gasteiger partial charge on any atom is -0.376 e. The molecule has 140 valence electrons. The molecule has 0 saturated carbocycles. The number of benzene rings is 1. The Kier molecular flexibility index (Phi) is 5.00.